The van der Waals surface area contributed by atoms with Gasteiger partial charge in [0.1, 0.15) is 0 Å². The van der Waals surface area contributed by atoms with Gasteiger partial charge in [-0.15, -0.1) is 0 Å². The first-order valence-corrected chi connectivity index (χ1v) is 9.02. The van der Waals surface area contributed by atoms with E-state index >= 15 is 0 Å². The Labute approximate surface area is 116 Å². The maximum atomic E-state index is 12.3. The van der Waals surface area contributed by atoms with Crippen LogP contribution in [-0.4, -0.2) is 56.8 Å². The molecule has 1 aliphatic rings. The summed E-state index contributed by atoms with van der Waals surface area (Å²) in [5, 5.41) is 8.87. The van der Waals surface area contributed by atoms with Gasteiger partial charge < -0.3 is 5.11 Å². The molecule has 0 amide bonds. The summed E-state index contributed by atoms with van der Waals surface area (Å²) >= 11 is 0. The zero-order chi connectivity index (χ0) is 15.0. The minimum absolute atomic E-state index is 0.109. The van der Waals surface area contributed by atoms with Crippen molar-refractivity contribution >= 4 is 25.8 Å². The van der Waals surface area contributed by atoms with Crippen LogP contribution in [0.4, 0.5) is 0 Å². The monoisotopic (exact) mass is 319 g/mol. The van der Waals surface area contributed by atoms with Gasteiger partial charge in [0.2, 0.25) is 10.0 Å². The second kappa shape index (κ2) is 5.15. The van der Waals surface area contributed by atoms with Crippen molar-refractivity contribution in [3.63, 3.8) is 0 Å². The number of rotatable bonds is 3. The average Bonchev–Trinajstić information content (AvgIpc) is 2.38. The Morgan fingerprint density at radius 1 is 1.20 bits per heavy atom. The highest BCUT2D eigenvalue weighted by Crippen LogP contribution is 2.19. The standard InChI is InChI=1S/C11H13NO6S2/c13-11(14)9-2-1-3-10(8-9)20(17,18)12-4-6-19(15,16)7-5-12/h1-3,8H,4-7H2,(H,13,14). The summed E-state index contributed by atoms with van der Waals surface area (Å²) in [6.45, 7) is -0.218. The largest absolute Gasteiger partial charge is 0.478 e. The van der Waals surface area contributed by atoms with Crippen LogP contribution < -0.4 is 0 Å². The zero-order valence-corrected chi connectivity index (χ0v) is 12.0. The van der Waals surface area contributed by atoms with Crippen molar-refractivity contribution in [3.8, 4) is 0 Å². The molecule has 1 saturated heterocycles. The van der Waals surface area contributed by atoms with E-state index in [1.54, 1.807) is 0 Å². The molecular formula is C11H13NO6S2. The third-order valence-electron chi connectivity index (χ3n) is 3.02. The van der Waals surface area contributed by atoms with Crippen LogP contribution in [0.1, 0.15) is 10.4 Å². The molecule has 1 fully saturated rings. The smallest absolute Gasteiger partial charge is 0.335 e. The first-order chi connectivity index (χ1) is 9.22. The number of hydrogen-bond acceptors (Lipinski definition) is 5. The highest BCUT2D eigenvalue weighted by atomic mass is 32.2. The van der Waals surface area contributed by atoms with Gasteiger partial charge in [-0.1, -0.05) is 6.07 Å². The normalized spacial score (nSPS) is 19.6. The number of hydrogen-bond donors (Lipinski definition) is 1. The molecule has 110 valence electrons. The molecule has 1 aliphatic heterocycles. The van der Waals surface area contributed by atoms with Gasteiger partial charge in [-0.2, -0.15) is 4.31 Å². The summed E-state index contributed by atoms with van der Waals surface area (Å²) in [4.78, 5) is 10.7. The lowest BCUT2D eigenvalue weighted by atomic mass is 10.2. The molecule has 0 aliphatic carbocycles. The maximum Gasteiger partial charge on any atom is 0.335 e. The second-order valence-corrected chi connectivity index (χ2v) is 8.63. The van der Waals surface area contributed by atoms with Crippen LogP contribution >= 0.6 is 0 Å². The molecule has 9 heteroatoms. The number of nitrogens with zero attached hydrogens (tertiary/aromatic N) is 1. The third kappa shape index (κ3) is 3.00. The molecule has 1 aromatic rings. The van der Waals surface area contributed by atoms with Crippen molar-refractivity contribution in [2.45, 2.75) is 4.90 Å². The van der Waals surface area contributed by atoms with Crippen molar-refractivity contribution < 1.29 is 26.7 Å². The van der Waals surface area contributed by atoms with Gasteiger partial charge in [-0.3, -0.25) is 0 Å². The Hall–Kier alpha value is -1.45. The first-order valence-electron chi connectivity index (χ1n) is 5.76. The van der Waals surface area contributed by atoms with Crippen molar-refractivity contribution in [1.82, 2.24) is 4.31 Å². The van der Waals surface area contributed by atoms with E-state index < -0.39 is 25.8 Å². The molecule has 0 unspecified atom stereocenters. The van der Waals surface area contributed by atoms with Crippen LogP contribution in [0, 0.1) is 0 Å². The molecule has 0 aromatic heterocycles. The zero-order valence-electron chi connectivity index (χ0n) is 10.4. The van der Waals surface area contributed by atoms with Crippen LogP contribution in [0.15, 0.2) is 29.2 Å². The van der Waals surface area contributed by atoms with E-state index in [2.05, 4.69) is 0 Å². The van der Waals surface area contributed by atoms with E-state index in [1.807, 2.05) is 0 Å². The Kier molecular flexibility index (Phi) is 3.85. The lowest BCUT2D eigenvalue weighted by Gasteiger charge is -2.26. The molecule has 1 aromatic carbocycles. The van der Waals surface area contributed by atoms with Crippen LogP contribution in [-0.2, 0) is 19.9 Å². The van der Waals surface area contributed by atoms with E-state index in [4.69, 9.17) is 5.11 Å². The van der Waals surface area contributed by atoms with Crippen molar-refractivity contribution in [2.75, 3.05) is 24.6 Å². The van der Waals surface area contributed by atoms with Crippen LogP contribution in [0.2, 0.25) is 0 Å². The van der Waals surface area contributed by atoms with Crippen molar-refractivity contribution in [2.24, 2.45) is 0 Å². The lowest BCUT2D eigenvalue weighted by molar-refractivity contribution is 0.0696. The second-order valence-electron chi connectivity index (χ2n) is 4.39. The quantitative estimate of drug-likeness (QED) is 0.826. The van der Waals surface area contributed by atoms with Gasteiger partial charge in [0.05, 0.1) is 22.0 Å². The Balaban J connectivity index is 2.32. The summed E-state index contributed by atoms with van der Waals surface area (Å²) in [5.41, 5.74) is -0.129. The van der Waals surface area contributed by atoms with Crippen molar-refractivity contribution in [3.05, 3.63) is 29.8 Å². The van der Waals surface area contributed by atoms with E-state index in [9.17, 15) is 21.6 Å². The predicted molar refractivity (Wildman–Crippen MR) is 70.8 cm³/mol. The number of carboxylic acid groups (broad SMARTS) is 1. The minimum Gasteiger partial charge on any atom is -0.478 e. The fourth-order valence-corrected chi connectivity index (χ4v) is 4.79. The highest BCUT2D eigenvalue weighted by Gasteiger charge is 2.31. The Morgan fingerprint density at radius 3 is 2.35 bits per heavy atom. The molecule has 2 rings (SSSR count). The Bertz CT molecular complexity index is 724. The molecular weight excluding hydrogens is 306 g/mol. The molecule has 0 radical (unpaired) electrons. The summed E-state index contributed by atoms with van der Waals surface area (Å²) in [7, 11) is -7.04. The fraction of sp³-hybridized carbons (Fsp3) is 0.364. The molecule has 1 N–H and O–H groups in total. The summed E-state index contributed by atoms with van der Waals surface area (Å²) in [5.74, 6) is -1.65. The predicted octanol–water partition coefficient (Wildman–Crippen LogP) is -0.196. The first kappa shape index (κ1) is 14.9. The van der Waals surface area contributed by atoms with Gasteiger partial charge in [0.15, 0.2) is 9.84 Å². The molecule has 20 heavy (non-hydrogen) atoms. The topological polar surface area (TPSA) is 109 Å². The summed E-state index contributed by atoms with van der Waals surface area (Å²) in [6, 6.07) is 5.00. The average molecular weight is 319 g/mol. The molecule has 0 saturated carbocycles. The third-order valence-corrected chi connectivity index (χ3v) is 6.53. The fourth-order valence-electron chi connectivity index (χ4n) is 1.87. The highest BCUT2D eigenvalue weighted by molar-refractivity contribution is 7.92. The van der Waals surface area contributed by atoms with E-state index in [0.717, 1.165) is 10.4 Å². The number of sulfone groups is 1. The summed E-state index contributed by atoms with van der Waals surface area (Å²) in [6.07, 6.45) is 0. The number of sulfonamides is 1. The lowest BCUT2D eigenvalue weighted by Crippen LogP contribution is -2.43. The molecule has 0 spiro atoms. The molecule has 0 bridgehead atoms. The van der Waals surface area contributed by atoms with Gasteiger partial charge in [-0.25, -0.2) is 21.6 Å². The number of carbonyl (C=O) groups is 1. The summed E-state index contributed by atoms with van der Waals surface area (Å²) < 4.78 is 48.3. The van der Waals surface area contributed by atoms with Gasteiger partial charge in [0, 0.05) is 13.1 Å². The van der Waals surface area contributed by atoms with Gasteiger partial charge in [0.25, 0.3) is 0 Å². The van der Waals surface area contributed by atoms with E-state index in [-0.39, 0.29) is 35.1 Å². The SMILES string of the molecule is O=C(O)c1cccc(S(=O)(=O)N2CCS(=O)(=O)CC2)c1. The van der Waals surface area contributed by atoms with E-state index in [1.165, 1.54) is 18.2 Å². The van der Waals surface area contributed by atoms with Crippen LogP contribution in [0.25, 0.3) is 0 Å². The molecule has 7 nitrogen and oxygen atoms in total. The molecule has 1 heterocycles. The number of carboxylic acids is 1. The maximum absolute atomic E-state index is 12.3. The van der Waals surface area contributed by atoms with Crippen molar-refractivity contribution in [1.29, 1.82) is 0 Å². The van der Waals surface area contributed by atoms with Gasteiger partial charge >= 0.3 is 5.97 Å². The number of aromatic carboxylic acids is 1. The molecule has 0 atom stereocenters. The number of benzene rings is 1. The van der Waals surface area contributed by atoms with Crippen LogP contribution in [0.3, 0.4) is 0 Å². The van der Waals surface area contributed by atoms with Crippen LogP contribution in [0.5, 0.6) is 0 Å². The van der Waals surface area contributed by atoms with Gasteiger partial charge in [-0.05, 0) is 18.2 Å². The Morgan fingerprint density at radius 2 is 1.80 bits per heavy atom. The minimum atomic E-state index is -3.86. The van der Waals surface area contributed by atoms with E-state index in [0.29, 0.717) is 0 Å².